The summed E-state index contributed by atoms with van der Waals surface area (Å²) >= 11 is 1.91. The van der Waals surface area contributed by atoms with Gasteiger partial charge in [-0.25, -0.2) is 9.97 Å². The zero-order valence-electron chi connectivity index (χ0n) is 21.1. The number of ether oxygens (including phenoxy) is 1. The molecule has 4 aromatic rings. The lowest BCUT2D eigenvalue weighted by Gasteiger charge is -2.19. The van der Waals surface area contributed by atoms with Gasteiger partial charge in [0.25, 0.3) is 0 Å². The molecule has 0 bridgehead atoms. The molecular weight excluding hydrogens is 482 g/mol. The summed E-state index contributed by atoms with van der Waals surface area (Å²) in [7, 11) is 2.04. The summed E-state index contributed by atoms with van der Waals surface area (Å²) in [6.07, 6.45) is 5.60. The highest BCUT2D eigenvalue weighted by Crippen LogP contribution is 2.61. The van der Waals surface area contributed by atoms with Crippen LogP contribution in [-0.2, 0) is 30.3 Å². The van der Waals surface area contributed by atoms with Crippen LogP contribution in [-0.4, -0.2) is 25.6 Å². The number of carbonyl (C=O) groups is 1. The number of rotatable bonds is 6. The minimum absolute atomic E-state index is 0.112. The third-order valence-electron chi connectivity index (χ3n) is 8.53. The van der Waals surface area contributed by atoms with E-state index < -0.39 is 5.97 Å². The van der Waals surface area contributed by atoms with Gasteiger partial charge in [0.2, 0.25) is 5.88 Å². The molecule has 2 aromatic carbocycles. The Morgan fingerprint density at radius 2 is 2.05 bits per heavy atom. The van der Waals surface area contributed by atoms with Crippen molar-refractivity contribution in [1.82, 2.24) is 14.5 Å². The van der Waals surface area contributed by atoms with E-state index in [0.29, 0.717) is 17.7 Å². The summed E-state index contributed by atoms with van der Waals surface area (Å²) in [5, 5.41) is 9.70. The van der Waals surface area contributed by atoms with Crippen LogP contribution in [0.4, 0.5) is 0 Å². The number of carboxylic acid groups (broad SMARTS) is 1. The third kappa shape index (κ3) is 3.66. The molecule has 3 aliphatic carbocycles. The lowest BCUT2D eigenvalue weighted by Crippen LogP contribution is -2.12. The van der Waals surface area contributed by atoms with Crippen molar-refractivity contribution in [2.45, 2.75) is 54.8 Å². The smallest absolute Gasteiger partial charge is 0.307 e. The third-order valence-corrected chi connectivity index (χ3v) is 9.82. The molecule has 0 amide bonds. The molecule has 7 rings (SSSR count). The van der Waals surface area contributed by atoms with Crippen LogP contribution in [0, 0.1) is 11.8 Å². The summed E-state index contributed by atoms with van der Waals surface area (Å²) < 4.78 is 8.19. The van der Waals surface area contributed by atoms with Gasteiger partial charge in [0, 0.05) is 35.4 Å². The lowest BCUT2D eigenvalue weighted by atomic mass is 9.86. The number of aliphatic carboxylic acids is 1. The van der Waals surface area contributed by atoms with Gasteiger partial charge >= 0.3 is 5.97 Å². The van der Waals surface area contributed by atoms with Gasteiger partial charge in [0.1, 0.15) is 12.1 Å². The van der Waals surface area contributed by atoms with E-state index in [1.165, 1.54) is 21.6 Å². The van der Waals surface area contributed by atoms with Crippen molar-refractivity contribution < 1.29 is 14.6 Å². The molecule has 0 saturated heterocycles. The van der Waals surface area contributed by atoms with Gasteiger partial charge in [-0.3, -0.25) is 4.79 Å². The van der Waals surface area contributed by atoms with E-state index >= 15 is 0 Å². The molecule has 37 heavy (non-hydrogen) atoms. The highest BCUT2D eigenvalue weighted by Gasteiger charge is 2.59. The highest BCUT2D eigenvalue weighted by molar-refractivity contribution is 7.99. The summed E-state index contributed by atoms with van der Waals surface area (Å²) in [6.45, 7) is 5.12. The number of aryl methyl sites for hydroxylation is 1. The molecule has 0 radical (unpaired) electrons. The second kappa shape index (κ2) is 8.09. The first-order valence-corrected chi connectivity index (χ1v) is 13.7. The second-order valence-corrected chi connectivity index (χ2v) is 12.6. The quantitative estimate of drug-likeness (QED) is 0.340. The zero-order valence-corrected chi connectivity index (χ0v) is 22.0. The molecule has 0 aliphatic heterocycles. The van der Waals surface area contributed by atoms with Crippen LogP contribution in [0.15, 0.2) is 59.9 Å². The van der Waals surface area contributed by atoms with Crippen molar-refractivity contribution in [3.63, 3.8) is 0 Å². The van der Waals surface area contributed by atoms with E-state index in [2.05, 4.69) is 64.8 Å². The van der Waals surface area contributed by atoms with E-state index in [4.69, 9.17) is 4.74 Å². The van der Waals surface area contributed by atoms with Crippen LogP contribution in [0.2, 0.25) is 0 Å². The number of pyridine rings is 1. The van der Waals surface area contributed by atoms with Crippen molar-refractivity contribution in [3.05, 3.63) is 82.8 Å². The van der Waals surface area contributed by atoms with Gasteiger partial charge in [-0.15, -0.1) is 11.8 Å². The van der Waals surface area contributed by atoms with E-state index in [9.17, 15) is 9.90 Å². The number of hydrogen-bond acceptors (Lipinski definition) is 5. The van der Waals surface area contributed by atoms with E-state index in [1.807, 2.05) is 37.4 Å². The normalized spacial score (nSPS) is 24.5. The Labute approximate surface area is 220 Å². The zero-order chi connectivity index (χ0) is 25.5. The maximum atomic E-state index is 11.4. The van der Waals surface area contributed by atoms with Crippen molar-refractivity contribution in [2.75, 3.05) is 0 Å². The van der Waals surface area contributed by atoms with Crippen LogP contribution in [0.5, 0.6) is 5.88 Å². The van der Waals surface area contributed by atoms with E-state index in [1.54, 1.807) is 0 Å². The number of para-hydroxylation sites is 1. The molecule has 1 N–H and O–H groups in total. The minimum atomic E-state index is -0.686. The van der Waals surface area contributed by atoms with Crippen LogP contribution >= 0.6 is 11.8 Å². The van der Waals surface area contributed by atoms with Gasteiger partial charge in [-0.05, 0) is 64.1 Å². The van der Waals surface area contributed by atoms with Crippen molar-refractivity contribution >= 4 is 28.8 Å². The molecule has 2 heterocycles. The number of hydrogen-bond donors (Lipinski definition) is 1. The van der Waals surface area contributed by atoms with Gasteiger partial charge in [-0.2, -0.15) is 0 Å². The van der Waals surface area contributed by atoms with Crippen molar-refractivity contribution in [3.8, 4) is 5.88 Å². The molecular formula is C30H29N3O3S. The van der Waals surface area contributed by atoms with Crippen molar-refractivity contribution in [2.24, 2.45) is 18.9 Å². The first-order chi connectivity index (χ1) is 17.8. The number of aromatic nitrogens is 3. The molecule has 2 aromatic heterocycles. The fourth-order valence-corrected chi connectivity index (χ4v) is 8.15. The highest BCUT2D eigenvalue weighted by atomic mass is 32.2. The summed E-state index contributed by atoms with van der Waals surface area (Å²) in [5.74, 6) is 0.0677. The fraction of sp³-hybridized carbons (Fsp3) is 0.367. The average molecular weight is 512 g/mol. The molecule has 1 saturated carbocycles. The Morgan fingerprint density at radius 3 is 2.89 bits per heavy atom. The minimum Gasteiger partial charge on any atom is -0.481 e. The Morgan fingerprint density at radius 1 is 1.19 bits per heavy atom. The van der Waals surface area contributed by atoms with Crippen LogP contribution in [0.25, 0.3) is 11.0 Å². The Balaban J connectivity index is 1.10. The number of fused-ring (bicyclic) bond motifs is 5. The Hall–Kier alpha value is -3.32. The Bertz CT molecular complexity index is 1580. The van der Waals surface area contributed by atoms with E-state index in [0.717, 1.165) is 35.0 Å². The molecule has 4 atom stereocenters. The molecule has 4 unspecified atom stereocenters. The predicted octanol–water partition coefficient (Wildman–Crippen LogP) is 6.03. The largest absolute Gasteiger partial charge is 0.481 e. The Kier molecular flexibility index (Phi) is 4.99. The molecule has 3 aliphatic rings. The first-order valence-electron chi connectivity index (χ1n) is 12.8. The average Bonchev–Trinajstić information content (AvgIpc) is 3.12. The SMILES string of the molecule is Cn1cnc2c(SC3CC(C)(C)c4ccc(COc5cc6c(cn5)C5C(C6)C5C(=O)O)cc43)cccc21. The van der Waals surface area contributed by atoms with Crippen LogP contribution in [0.1, 0.15) is 59.3 Å². The van der Waals surface area contributed by atoms with Gasteiger partial charge < -0.3 is 14.4 Å². The second-order valence-electron chi connectivity index (χ2n) is 11.4. The maximum Gasteiger partial charge on any atom is 0.307 e. The van der Waals surface area contributed by atoms with Gasteiger partial charge in [-0.1, -0.05) is 38.1 Å². The van der Waals surface area contributed by atoms with Crippen molar-refractivity contribution in [1.29, 1.82) is 0 Å². The van der Waals surface area contributed by atoms with Gasteiger partial charge in [0.15, 0.2) is 0 Å². The number of benzene rings is 2. The van der Waals surface area contributed by atoms with Crippen LogP contribution in [0.3, 0.4) is 0 Å². The topological polar surface area (TPSA) is 77.2 Å². The van der Waals surface area contributed by atoms with Gasteiger partial charge in [0.05, 0.1) is 17.8 Å². The summed E-state index contributed by atoms with van der Waals surface area (Å²) in [6, 6.07) is 15.2. The molecule has 6 nitrogen and oxygen atoms in total. The molecule has 1 fully saturated rings. The fourth-order valence-electron chi connectivity index (χ4n) is 6.59. The maximum absolute atomic E-state index is 11.4. The molecule has 7 heteroatoms. The number of thioether (sulfide) groups is 1. The molecule has 0 spiro atoms. The molecule has 188 valence electrons. The lowest BCUT2D eigenvalue weighted by molar-refractivity contribution is -0.139. The number of nitrogens with zero attached hydrogens (tertiary/aromatic N) is 3. The number of imidazole rings is 1. The summed E-state index contributed by atoms with van der Waals surface area (Å²) in [5.41, 5.74) is 8.53. The summed E-state index contributed by atoms with van der Waals surface area (Å²) in [4.78, 5) is 21.8. The first kappa shape index (κ1) is 22.8. The monoisotopic (exact) mass is 511 g/mol. The van der Waals surface area contributed by atoms with Crippen LogP contribution < -0.4 is 4.74 Å². The van der Waals surface area contributed by atoms with E-state index in [-0.39, 0.29) is 23.2 Å². The predicted molar refractivity (Wildman–Crippen MR) is 143 cm³/mol. The standard InChI is InChI=1S/C30H29N3O3S/c1-30(2)12-24(37-23-6-4-5-22-28(23)32-15-33(22)3)18-9-16(7-8-21(18)30)14-36-25-11-17-10-19-26(20(17)13-31-25)27(19)29(34)35/h4-9,11,13,15,19,24,26-27H,10,12,14H2,1-3H3,(H,34,35). The number of carboxylic acids is 1.